The van der Waals surface area contributed by atoms with Crippen molar-refractivity contribution in [1.82, 2.24) is 4.90 Å². The fourth-order valence-corrected chi connectivity index (χ4v) is 4.70. The van der Waals surface area contributed by atoms with Gasteiger partial charge in [-0.2, -0.15) is 0 Å². The molecule has 2 atom stereocenters. The molecule has 0 radical (unpaired) electrons. The maximum Gasteiger partial charge on any atom is 0.125 e. The van der Waals surface area contributed by atoms with Gasteiger partial charge in [-0.1, -0.05) is 48.5 Å². The normalized spacial score (nSPS) is 26.1. The van der Waals surface area contributed by atoms with Gasteiger partial charge in [0.2, 0.25) is 0 Å². The van der Waals surface area contributed by atoms with E-state index in [1.54, 1.807) is 7.11 Å². The fraction of sp³-hybridized carbons (Fsp3) is 0.478. The lowest BCUT2D eigenvalue weighted by Crippen LogP contribution is -2.59. The number of aliphatic hydroxyl groups excluding tert-OH is 1. The van der Waals surface area contributed by atoms with Crippen LogP contribution in [-0.2, 0) is 16.9 Å². The molecule has 2 aliphatic rings. The molecule has 27 heavy (non-hydrogen) atoms. The zero-order valence-electron chi connectivity index (χ0n) is 16.0. The Morgan fingerprint density at radius 1 is 1.11 bits per heavy atom. The highest BCUT2D eigenvalue weighted by Crippen LogP contribution is 2.51. The number of benzene rings is 2. The summed E-state index contributed by atoms with van der Waals surface area (Å²) < 4.78 is 12.2. The fourth-order valence-electron chi connectivity index (χ4n) is 4.70. The molecule has 1 aliphatic carbocycles. The maximum atomic E-state index is 9.97. The van der Waals surface area contributed by atoms with E-state index >= 15 is 0 Å². The van der Waals surface area contributed by atoms with E-state index in [9.17, 15) is 5.11 Å². The topological polar surface area (TPSA) is 41.9 Å². The second-order valence-electron chi connectivity index (χ2n) is 7.65. The van der Waals surface area contributed by atoms with Crippen LogP contribution < -0.4 is 4.74 Å². The van der Waals surface area contributed by atoms with Gasteiger partial charge < -0.3 is 14.6 Å². The summed E-state index contributed by atoms with van der Waals surface area (Å²) in [6.45, 7) is 2.58. The van der Waals surface area contributed by atoms with E-state index < -0.39 is 5.60 Å². The molecule has 2 aromatic carbocycles. The minimum Gasteiger partial charge on any atom is -0.496 e. The summed E-state index contributed by atoms with van der Waals surface area (Å²) in [6.07, 6.45) is 3.03. The van der Waals surface area contributed by atoms with Crippen LogP contribution in [-0.4, -0.2) is 42.9 Å². The molecule has 4 heteroatoms. The van der Waals surface area contributed by atoms with Crippen LogP contribution in [0.3, 0.4) is 0 Å². The molecule has 0 aromatic heterocycles. The van der Waals surface area contributed by atoms with Crippen LogP contribution in [0, 0.1) is 5.92 Å². The Balaban J connectivity index is 1.74. The van der Waals surface area contributed by atoms with Crippen LogP contribution in [0.5, 0.6) is 5.75 Å². The molecule has 2 unspecified atom stereocenters. The summed E-state index contributed by atoms with van der Waals surface area (Å²) in [4.78, 5) is 2.57. The lowest BCUT2D eigenvalue weighted by atomic mass is 9.78. The van der Waals surface area contributed by atoms with E-state index in [-0.39, 0.29) is 12.6 Å². The molecule has 1 saturated carbocycles. The highest BCUT2D eigenvalue weighted by molar-refractivity contribution is 5.40. The van der Waals surface area contributed by atoms with Crippen LogP contribution in [0.4, 0.5) is 0 Å². The number of aliphatic hydroxyl groups is 1. The Labute approximate surface area is 161 Å². The van der Waals surface area contributed by atoms with Gasteiger partial charge in [0.15, 0.2) is 0 Å². The summed E-state index contributed by atoms with van der Waals surface area (Å²) in [7, 11) is 1.71. The van der Waals surface area contributed by atoms with Crippen LogP contribution in [0.15, 0.2) is 54.6 Å². The van der Waals surface area contributed by atoms with E-state index in [1.807, 2.05) is 18.2 Å². The summed E-state index contributed by atoms with van der Waals surface area (Å²) in [5.74, 6) is 1.45. The minimum absolute atomic E-state index is 0.0977. The Hall–Kier alpha value is -1.88. The standard InChI is InChI=1S/C23H29NO3/c1-26-21-10-6-5-9-20(21)23(13-15-25)22(19-11-12-19)24(14-16-27-23)17-18-7-3-2-4-8-18/h2-10,19,22,25H,11-17H2,1H3. The Kier molecular flexibility index (Phi) is 5.48. The predicted octanol–water partition coefficient (Wildman–Crippen LogP) is 3.58. The Morgan fingerprint density at radius 2 is 1.85 bits per heavy atom. The molecular weight excluding hydrogens is 338 g/mol. The van der Waals surface area contributed by atoms with Crippen LogP contribution in [0.2, 0.25) is 0 Å². The van der Waals surface area contributed by atoms with Gasteiger partial charge in [0, 0.05) is 37.7 Å². The lowest BCUT2D eigenvalue weighted by Gasteiger charge is -2.51. The third-order valence-electron chi connectivity index (χ3n) is 5.95. The van der Waals surface area contributed by atoms with Crippen molar-refractivity contribution in [2.45, 2.75) is 37.5 Å². The van der Waals surface area contributed by atoms with E-state index in [2.05, 4.69) is 41.3 Å². The first-order valence-electron chi connectivity index (χ1n) is 9.95. The van der Waals surface area contributed by atoms with Crippen LogP contribution >= 0.6 is 0 Å². The minimum atomic E-state index is -0.532. The predicted molar refractivity (Wildman–Crippen MR) is 106 cm³/mol. The molecule has 0 amide bonds. The number of hydrogen-bond donors (Lipinski definition) is 1. The van der Waals surface area contributed by atoms with Crippen molar-refractivity contribution in [3.05, 3.63) is 65.7 Å². The molecule has 1 heterocycles. The second-order valence-corrected chi connectivity index (χ2v) is 7.65. The monoisotopic (exact) mass is 367 g/mol. The molecule has 4 nitrogen and oxygen atoms in total. The third-order valence-corrected chi connectivity index (χ3v) is 5.95. The number of rotatable bonds is 7. The average Bonchev–Trinajstić information content (AvgIpc) is 3.54. The summed E-state index contributed by atoms with van der Waals surface area (Å²) >= 11 is 0. The quantitative estimate of drug-likeness (QED) is 0.812. The zero-order valence-corrected chi connectivity index (χ0v) is 16.0. The number of para-hydroxylation sites is 1. The summed E-state index contributed by atoms with van der Waals surface area (Å²) in [5.41, 5.74) is 1.86. The van der Waals surface area contributed by atoms with E-state index in [0.717, 1.165) is 24.4 Å². The number of nitrogens with zero attached hydrogens (tertiary/aromatic N) is 1. The number of methoxy groups -OCH3 is 1. The SMILES string of the molecule is COc1ccccc1C1(CCO)OCCN(Cc2ccccc2)C1C1CC1. The molecule has 1 saturated heterocycles. The molecule has 1 N–H and O–H groups in total. The Morgan fingerprint density at radius 3 is 2.56 bits per heavy atom. The number of ether oxygens (including phenoxy) is 2. The van der Waals surface area contributed by atoms with Crippen molar-refractivity contribution in [3.8, 4) is 5.75 Å². The van der Waals surface area contributed by atoms with Gasteiger partial charge in [-0.3, -0.25) is 4.90 Å². The number of morpholine rings is 1. The van der Waals surface area contributed by atoms with Gasteiger partial charge in [-0.25, -0.2) is 0 Å². The van der Waals surface area contributed by atoms with Crippen molar-refractivity contribution in [3.63, 3.8) is 0 Å². The van der Waals surface area contributed by atoms with E-state index in [4.69, 9.17) is 9.47 Å². The van der Waals surface area contributed by atoms with Crippen LogP contribution in [0.1, 0.15) is 30.4 Å². The molecule has 2 fully saturated rings. The molecule has 0 spiro atoms. The first-order chi connectivity index (χ1) is 13.3. The van der Waals surface area contributed by atoms with Crippen molar-refractivity contribution in [2.75, 3.05) is 26.9 Å². The van der Waals surface area contributed by atoms with Gasteiger partial charge in [0.1, 0.15) is 11.4 Å². The van der Waals surface area contributed by atoms with Crippen molar-refractivity contribution < 1.29 is 14.6 Å². The first kappa shape index (κ1) is 18.5. The molecule has 1 aliphatic heterocycles. The van der Waals surface area contributed by atoms with E-state index in [0.29, 0.717) is 18.9 Å². The van der Waals surface area contributed by atoms with E-state index in [1.165, 1.54) is 18.4 Å². The molecule has 2 aromatic rings. The third kappa shape index (κ3) is 3.62. The highest BCUT2D eigenvalue weighted by atomic mass is 16.5. The zero-order chi connectivity index (χ0) is 18.7. The lowest BCUT2D eigenvalue weighted by molar-refractivity contribution is -0.172. The van der Waals surface area contributed by atoms with Crippen molar-refractivity contribution >= 4 is 0 Å². The number of hydrogen-bond acceptors (Lipinski definition) is 4. The molecule has 4 rings (SSSR count). The first-order valence-corrected chi connectivity index (χ1v) is 9.95. The van der Waals surface area contributed by atoms with Crippen LogP contribution in [0.25, 0.3) is 0 Å². The van der Waals surface area contributed by atoms with Gasteiger partial charge >= 0.3 is 0 Å². The van der Waals surface area contributed by atoms with Crippen molar-refractivity contribution in [2.24, 2.45) is 5.92 Å². The molecule has 0 bridgehead atoms. The Bertz CT molecular complexity index is 742. The smallest absolute Gasteiger partial charge is 0.125 e. The average molecular weight is 367 g/mol. The second kappa shape index (κ2) is 8.01. The molecular formula is C23H29NO3. The van der Waals surface area contributed by atoms with Crippen molar-refractivity contribution in [1.29, 1.82) is 0 Å². The summed E-state index contributed by atoms with van der Waals surface area (Å²) in [5, 5.41) is 9.97. The summed E-state index contributed by atoms with van der Waals surface area (Å²) in [6, 6.07) is 19.0. The molecule has 144 valence electrons. The van der Waals surface area contributed by atoms with Gasteiger partial charge in [-0.15, -0.1) is 0 Å². The van der Waals surface area contributed by atoms with Gasteiger partial charge in [0.05, 0.1) is 13.7 Å². The van der Waals surface area contributed by atoms with Gasteiger partial charge in [-0.05, 0) is 30.4 Å². The van der Waals surface area contributed by atoms with Gasteiger partial charge in [0.25, 0.3) is 0 Å². The maximum absolute atomic E-state index is 9.97. The largest absolute Gasteiger partial charge is 0.496 e. The highest BCUT2D eigenvalue weighted by Gasteiger charge is 2.54.